The van der Waals surface area contributed by atoms with Crippen molar-refractivity contribution in [3.05, 3.63) is 0 Å². The maximum absolute atomic E-state index is 12.6. The fourth-order valence-corrected chi connectivity index (χ4v) is 10.7. The summed E-state index contributed by atoms with van der Waals surface area (Å²) >= 11 is 0. The van der Waals surface area contributed by atoms with Crippen molar-refractivity contribution in [3.8, 4) is 0 Å². The van der Waals surface area contributed by atoms with Gasteiger partial charge in [0.15, 0.2) is 0 Å². The van der Waals surface area contributed by atoms with Gasteiger partial charge in [-0.3, -0.25) is 14.4 Å². The van der Waals surface area contributed by atoms with Crippen molar-refractivity contribution in [2.24, 2.45) is 23.2 Å². The number of likely N-dealkylation sites (tertiary alicyclic amines) is 1. The second-order valence-corrected chi connectivity index (χ2v) is 24.3. The summed E-state index contributed by atoms with van der Waals surface area (Å²) in [6.45, 7) is 25.5. The molecular formula is C68H133NO7. The van der Waals surface area contributed by atoms with Crippen LogP contribution < -0.4 is 0 Å². The highest BCUT2D eigenvalue weighted by molar-refractivity contribution is 5.75. The average Bonchev–Trinajstić information content (AvgIpc) is 3.94. The highest BCUT2D eigenvalue weighted by atomic mass is 16.5. The molecule has 0 radical (unpaired) electrons. The van der Waals surface area contributed by atoms with E-state index < -0.39 is 0 Å². The molecule has 1 aliphatic rings. The van der Waals surface area contributed by atoms with Gasteiger partial charge in [-0.2, -0.15) is 0 Å². The number of ether oxygens (including phenoxy) is 3. The SMILES string of the molecule is CCCCCC(CCCCC)CCCOC(=O)C(C)(C)CCCCCCN1CCCC1.CCCCCCCC(C)C(C)CCC=O.CCCCCCCCC(CCCCCCCC)OC(=O)CCCCCCCOC=O. The van der Waals surface area contributed by atoms with Gasteiger partial charge in [-0.1, -0.05) is 241 Å². The summed E-state index contributed by atoms with van der Waals surface area (Å²) in [5, 5.41) is 0. The van der Waals surface area contributed by atoms with E-state index in [1.54, 1.807) is 0 Å². The smallest absolute Gasteiger partial charge is 0.311 e. The minimum atomic E-state index is -0.337. The number of esters is 2. The monoisotopic (exact) mass is 1080 g/mol. The van der Waals surface area contributed by atoms with Gasteiger partial charge in [-0.15, -0.1) is 0 Å². The molecule has 1 fully saturated rings. The highest BCUT2D eigenvalue weighted by Crippen LogP contribution is 2.28. The Morgan fingerprint density at radius 2 is 0.921 bits per heavy atom. The van der Waals surface area contributed by atoms with Crippen LogP contribution in [-0.2, 0) is 33.4 Å². The Balaban J connectivity index is 0. The van der Waals surface area contributed by atoms with E-state index in [1.165, 1.54) is 225 Å². The molecule has 2 unspecified atom stereocenters. The fraction of sp³-hybridized carbons (Fsp3) is 0.941. The van der Waals surface area contributed by atoms with E-state index >= 15 is 0 Å². The van der Waals surface area contributed by atoms with Crippen molar-refractivity contribution in [3.63, 3.8) is 0 Å². The molecule has 8 nitrogen and oxygen atoms in total. The van der Waals surface area contributed by atoms with Gasteiger partial charge >= 0.3 is 11.9 Å². The Labute approximate surface area is 474 Å². The van der Waals surface area contributed by atoms with Crippen LogP contribution in [0.2, 0.25) is 0 Å². The van der Waals surface area contributed by atoms with Crippen LogP contribution in [0.5, 0.6) is 0 Å². The van der Waals surface area contributed by atoms with E-state index in [2.05, 4.69) is 72.0 Å². The van der Waals surface area contributed by atoms with E-state index in [0.29, 0.717) is 32.0 Å². The lowest BCUT2D eigenvalue weighted by Crippen LogP contribution is -2.27. The molecule has 1 saturated heterocycles. The third kappa shape index (κ3) is 52.7. The Bertz CT molecular complexity index is 1190. The number of carbonyl (C=O) groups is 4. The van der Waals surface area contributed by atoms with Crippen molar-refractivity contribution in [1.82, 2.24) is 4.90 Å². The lowest BCUT2D eigenvalue weighted by atomic mass is 9.87. The molecule has 0 aromatic carbocycles. The molecule has 2 atom stereocenters. The summed E-state index contributed by atoms with van der Waals surface area (Å²) < 4.78 is 16.3. The molecule has 0 amide bonds. The van der Waals surface area contributed by atoms with Crippen LogP contribution in [0.4, 0.5) is 0 Å². The molecule has 0 saturated carbocycles. The first-order valence-corrected chi connectivity index (χ1v) is 33.5. The predicted octanol–water partition coefficient (Wildman–Crippen LogP) is 20.7. The van der Waals surface area contributed by atoms with Gasteiger partial charge in [0.25, 0.3) is 6.47 Å². The molecule has 0 bridgehead atoms. The molecule has 1 rings (SSSR count). The van der Waals surface area contributed by atoms with E-state index in [0.717, 1.165) is 95.2 Å². The van der Waals surface area contributed by atoms with Gasteiger partial charge in [0.1, 0.15) is 12.4 Å². The van der Waals surface area contributed by atoms with Gasteiger partial charge in [0, 0.05) is 12.8 Å². The van der Waals surface area contributed by atoms with Gasteiger partial charge in [0.2, 0.25) is 0 Å². The minimum absolute atomic E-state index is 0.0121. The predicted molar refractivity (Wildman–Crippen MR) is 327 cm³/mol. The van der Waals surface area contributed by atoms with Crippen molar-refractivity contribution in [2.45, 2.75) is 357 Å². The molecule has 0 N–H and O–H groups in total. The number of hydrogen-bond acceptors (Lipinski definition) is 8. The molecule has 0 aromatic heterocycles. The van der Waals surface area contributed by atoms with Crippen LogP contribution in [0.15, 0.2) is 0 Å². The number of rotatable bonds is 54. The summed E-state index contributed by atoms with van der Waals surface area (Å²) in [5.41, 5.74) is -0.337. The maximum Gasteiger partial charge on any atom is 0.311 e. The number of nitrogens with zero attached hydrogens (tertiary/aromatic N) is 1. The topological polar surface area (TPSA) is 99.2 Å². The zero-order valence-corrected chi connectivity index (χ0v) is 52.6. The summed E-state index contributed by atoms with van der Waals surface area (Å²) in [6, 6.07) is 0. The van der Waals surface area contributed by atoms with Crippen LogP contribution in [0.1, 0.15) is 351 Å². The highest BCUT2D eigenvalue weighted by Gasteiger charge is 2.28. The van der Waals surface area contributed by atoms with Gasteiger partial charge in [0.05, 0.1) is 18.6 Å². The normalized spacial score (nSPS) is 13.5. The van der Waals surface area contributed by atoms with Crippen LogP contribution >= 0.6 is 0 Å². The van der Waals surface area contributed by atoms with Gasteiger partial charge < -0.3 is 23.9 Å². The van der Waals surface area contributed by atoms with E-state index in [1.807, 2.05) is 0 Å². The Hall–Kier alpha value is -1.96. The maximum atomic E-state index is 12.6. The first-order valence-electron chi connectivity index (χ1n) is 33.5. The molecule has 1 heterocycles. The zero-order valence-electron chi connectivity index (χ0n) is 52.6. The fourth-order valence-electron chi connectivity index (χ4n) is 10.7. The van der Waals surface area contributed by atoms with Gasteiger partial charge in [-0.05, 0) is 135 Å². The average molecular weight is 1080 g/mol. The van der Waals surface area contributed by atoms with Crippen molar-refractivity contribution >= 4 is 24.7 Å². The van der Waals surface area contributed by atoms with Gasteiger partial charge in [-0.25, -0.2) is 0 Å². The molecule has 1 aliphatic heterocycles. The summed E-state index contributed by atoms with van der Waals surface area (Å²) in [7, 11) is 0. The molecule has 76 heavy (non-hydrogen) atoms. The lowest BCUT2D eigenvalue weighted by molar-refractivity contribution is -0.154. The van der Waals surface area contributed by atoms with Crippen LogP contribution in [0.3, 0.4) is 0 Å². The molecular weight excluding hydrogens is 943 g/mol. The summed E-state index contributed by atoms with van der Waals surface area (Å²) in [6.07, 6.45) is 55.8. The van der Waals surface area contributed by atoms with E-state index in [9.17, 15) is 19.2 Å². The number of carbonyl (C=O) groups excluding carboxylic acids is 4. The number of hydrogen-bond donors (Lipinski definition) is 0. The molecule has 0 aliphatic carbocycles. The summed E-state index contributed by atoms with van der Waals surface area (Å²) in [5.74, 6) is 2.32. The van der Waals surface area contributed by atoms with Crippen molar-refractivity contribution in [1.29, 1.82) is 0 Å². The van der Waals surface area contributed by atoms with E-state index in [4.69, 9.17) is 9.47 Å². The second-order valence-electron chi connectivity index (χ2n) is 24.3. The van der Waals surface area contributed by atoms with Crippen LogP contribution in [0.25, 0.3) is 0 Å². The quantitative estimate of drug-likeness (QED) is 0.0257. The largest absolute Gasteiger partial charge is 0.468 e. The van der Waals surface area contributed by atoms with Crippen molar-refractivity contribution in [2.75, 3.05) is 32.8 Å². The first-order chi connectivity index (χ1) is 37.0. The third-order valence-corrected chi connectivity index (χ3v) is 16.4. The Kier molecular flexibility index (Phi) is 59.3. The Morgan fingerprint density at radius 1 is 0.487 bits per heavy atom. The standard InChI is InChI=1S/C28H55NO2.C26H50O4.C14H28O/c1-5-7-11-18-26(19-12-8-6-2)20-17-25-31-27(30)28(3,4)21-13-9-10-14-22-29-23-15-16-24-29;1-3-5-7-9-12-16-20-25(21-17-13-10-8-6-4-2)30-26(28)22-18-14-11-15-19-23-29-24-27;1-4-5-6-7-8-10-13(2)14(3)11-9-12-15/h26H,5-25H2,1-4H3;24-25H,3-23H2,1-2H3;12-14H,4-11H2,1-3H3. The molecule has 0 aromatic rings. The minimum Gasteiger partial charge on any atom is -0.468 e. The lowest BCUT2D eigenvalue weighted by Gasteiger charge is -2.23. The van der Waals surface area contributed by atoms with Crippen molar-refractivity contribution < 1.29 is 33.4 Å². The van der Waals surface area contributed by atoms with E-state index in [-0.39, 0.29) is 23.5 Å². The molecule has 0 spiro atoms. The molecule has 8 heteroatoms. The number of aldehydes is 1. The second kappa shape index (κ2) is 59.2. The van der Waals surface area contributed by atoms with Crippen LogP contribution in [-0.4, -0.2) is 68.5 Å². The van der Waals surface area contributed by atoms with Crippen LogP contribution in [0, 0.1) is 23.2 Å². The summed E-state index contributed by atoms with van der Waals surface area (Å²) in [4.78, 5) is 47.8. The molecule has 452 valence electrons. The third-order valence-electron chi connectivity index (χ3n) is 16.4. The number of unbranched alkanes of at least 4 members (excludes halogenated alkanes) is 25. The zero-order chi connectivity index (χ0) is 56.4. The Morgan fingerprint density at radius 3 is 1.46 bits per heavy atom. The first kappa shape index (κ1) is 76.1.